The van der Waals surface area contributed by atoms with E-state index < -0.39 is 18.0 Å². The molecule has 0 unspecified atom stereocenters. The first kappa shape index (κ1) is 15.0. The summed E-state index contributed by atoms with van der Waals surface area (Å²) in [5, 5.41) is 0. The Hall–Kier alpha value is -1.95. The Bertz CT molecular complexity index is 587. The first-order valence-electron chi connectivity index (χ1n) is 7.49. The van der Waals surface area contributed by atoms with Crippen molar-refractivity contribution in [3.8, 4) is 0 Å². The van der Waals surface area contributed by atoms with Gasteiger partial charge in [0.05, 0.1) is 6.04 Å². The van der Waals surface area contributed by atoms with E-state index in [0.717, 1.165) is 12.8 Å². The molecule has 2 amide bonds. The van der Waals surface area contributed by atoms with Crippen LogP contribution in [0, 0.1) is 5.82 Å². The van der Waals surface area contributed by atoms with Gasteiger partial charge in [-0.05, 0) is 30.5 Å². The molecular formula is C16H19FN2O3. The molecule has 2 heterocycles. The summed E-state index contributed by atoms with van der Waals surface area (Å²) in [6.45, 7) is 1.31. The highest BCUT2D eigenvalue weighted by Crippen LogP contribution is 2.31. The molecular weight excluding hydrogens is 287 g/mol. The predicted octanol–water partition coefficient (Wildman–Crippen LogP) is 1.35. The van der Waals surface area contributed by atoms with Crippen LogP contribution in [0.2, 0.25) is 0 Å². The van der Waals surface area contributed by atoms with E-state index >= 15 is 0 Å². The number of ether oxygens (including phenoxy) is 1. The van der Waals surface area contributed by atoms with Crippen molar-refractivity contribution in [1.29, 1.82) is 0 Å². The van der Waals surface area contributed by atoms with Crippen molar-refractivity contribution in [1.82, 2.24) is 9.80 Å². The quantitative estimate of drug-likeness (QED) is 0.828. The van der Waals surface area contributed by atoms with Crippen LogP contribution in [0.1, 0.15) is 24.4 Å². The minimum atomic E-state index is -0.775. The Morgan fingerprint density at radius 1 is 1.32 bits per heavy atom. The Kier molecular flexibility index (Phi) is 4.11. The molecule has 0 spiro atoms. The van der Waals surface area contributed by atoms with E-state index in [-0.39, 0.29) is 18.4 Å². The summed E-state index contributed by atoms with van der Waals surface area (Å²) in [6.07, 6.45) is 1.19. The molecule has 3 rings (SSSR count). The number of amides is 2. The molecule has 0 radical (unpaired) electrons. The fraction of sp³-hybridized carbons (Fsp3) is 0.500. The molecule has 0 aliphatic carbocycles. The molecule has 0 bridgehead atoms. The first-order chi connectivity index (χ1) is 10.6. The lowest BCUT2D eigenvalue weighted by molar-refractivity contribution is -0.166. The number of rotatable bonds is 2. The number of carbonyl (C=O) groups excluding carboxylic acids is 2. The van der Waals surface area contributed by atoms with E-state index in [4.69, 9.17) is 4.74 Å². The van der Waals surface area contributed by atoms with Crippen molar-refractivity contribution in [2.75, 3.05) is 26.7 Å². The van der Waals surface area contributed by atoms with Gasteiger partial charge in [-0.3, -0.25) is 9.59 Å². The monoisotopic (exact) mass is 306 g/mol. The van der Waals surface area contributed by atoms with Gasteiger partial charge in [0, 0.05) is 20.1 Å². The second-order valence-electron chi connectivity index (χ2n) is 5.77. The number of likely N-dealkylation sites (tertiary alicyclic amines) is 1. The van der Waals surface area contributed by atoms with Crippen LogP contribution in [-0.4, -0.2) is 54.5 Å². The van der Waals surface area contributed by atoms with Crippen LogP contribution in [0.4, 0.5) is 4.39 Å². The molecule has 0 aromatic heterocycles. The van der Waals surface area contributed by atoms with Gasteiger partial charge in [0.2, 0.25) is 5.91 Å². The molecule has 2 fully saturated rings. The van der Waals surface area contributed by atoms with Gasteiger partial charge in [-0.25, -0.2) is 4.39 Å². The van der Waals surface area contributed by atoms with Crippen LogP contribution in [0.3, 0.4) is 0 Å². The lowest BCUT2D eigenvalue weighted by Crippen LogP contribution is -2.53. The Balaban J connectivity index is 1.92. The van der Waals surface area contributed by atoms with E-state index in [9.17, 15) is 14.0 Å². The van der Waals surface area contributed by atoms with Crippen molar-refractivity contribution in [3.05, 3.63) is 35.6 Å². The Morgan fingerprint density at radius 3 is 2.73 bits per heavy atom. The average molecular weight is 306 g/mol. The maximum atomic E-state index is 13.5. The maximum Gasteiger partial charge on any atom is 0.254 e. The summed E-state index contributed by atoms with van der Waals surface area (Å²) >= 11 is 0. The summed E-state index contributed by atoms with van der Waals surface area (Å²) < 4.78 is 19.1. The van der Waals surface area contributed by atoms with E-state index in [1.54, 1.807) is 24.1 Å². The number of morpholine rings is 1. The van der Waals surface area contributed by atoms with Gasteiger partial charge in [0.15, 0.2) is 6.10 Å². The normalized spacial score (nSPS) is 25.6. The number of hydrogen-bond donors (Lipinski definition) is 0. The maximum absolute atomic E-state index is 13.5. The minimum absolute atomic E-state index is 0.118. The molecule has 0 saturated carbocycles. The zero-order valence-electron chi connectivity index (χ0n) is 12.5. The second-order valence-corrected chi connectivity index (χ2v) is 5.77. The van der Waals surface area contributed by atoms with Gasteiger partial charge < -0.3 is 14.5 Å². The van der Waals surface area contributed by atoms with Gasteiger partial charge in [-0.2, -0.15) is 0 Å². The van der Waals surface area contributed by atoms with Gasteiger partial charge in [-0.1, -0.05) is 12.1 Å². The van der Waals surface area contributed by atoms with Crippen LogP contribution < -0.4 is 0 Å². The second kappa shape index (κ2) is 6.04. The molecule has 6 heteroatoms. The lowest BCUT2D eigenvalue weighted by atomic mass is 9.97. The van der Waals surface area contributed by atoms with Crippen molar-refractivity contribution in [2.45, 2.75) is 25.0 Å². The zero-order chi connectivity index (χ0) is 15.7. The molecule has 0 N–H and O–H groups in total. The van der Waals surface area contributed by atoms with Crippen molar-refractivity contribution in [2.24, 2.45) is 0 Å². The lowest BCUT2D eigenvalue weighted by Gasteiger charge is -2.39. The average Bonchev–Trinajstić information content (AvgIpc) is 3.03. The molecule has 2 saturated heterocycles. The fourth-order valence-electron chi connectivity index (χ4n) is 3.13. The highest BCUT2D eigenvalue weighted by Gasteiger charge is 2.42. The molecule has 22 heavy (non-hydrogen) atoms. The van der Waals surface area contributed by atoms with Crippen LogP contribution in [0.5, 0.6) is 0 Å². The molecule has 1 aromatic rings. The number of likely N-dealkylation sites (N-methyl/N-ethyl adjacent to an activating group) is 1. The number of nitrogens with zero attached hydrogens (tertiary/aromatic N) is 2. The van der Waals surface area contributed by atoms with Gasteiger partial charge in [-0.15, -0.1) is 0 Å². The van der Waals surface area contributed by atoms with E-state index in [2.05, 4.69) is 0 Å². The van der Waals surface area contributed by atoms with Crippen molar-refractivity contribution < 1.29 is 18.7 Å². The largest absolute Gasteiger partial charge is 0.356 e. The predicted molar refractivity (Wildman–Crippen MR) is 77.5 cm³/mol. The highest BCUT2D eigenvalue weighted by atomic mass is 19.1. The van der Waals surface area contributed by atoms with Gasteiger partial charge in [0.1, 0.15) is 12.4 Å². The highest BCUT2D eigenvalue weighted by molar-refractivity contribution is 5.86. The molecule has 2 atom stereocenters. The van der Waals surface area contributed by atoms with Gasteiger partial charge >= 0.3 is 0 Å². The van der Waals surface area contributed by atoms with E-state index in [0.29, 0.717) is 18.7 Å². The summed E-state index contributed by atoms with van der Waals surface area (Å²) in [5.74, 6) is -0.720. The minimum Gasteiger partial charge on any atom is -0.356 e. The van der Waals surface area contributed by atoms with Crippen LogP contribution in [0.15, 0.2) is 24.3 Å². The smallest absolute Gasteiger partial charge is 0.254 e. The first-order valence-corrected chi connectivity index (χ1v) is 7.49. The molecule has 5 nitrogen and oxygen atoms in total. The van der Waals surface area contributed by atoms with E-state index in [1.165, 1.54) is 17.0 Å². The third-order valence-electron chi connectivity index (χ3n) is 4.34. The van der Waals surface area contributed by atoms with Crippen molar-refractivity contribution >= 4 is 11.8 Å². The third kappa shape index (κ3) is 2.70. The van der Waals surface area contributed by atoms with Crippen molar-refractivity contribution in [3.63, 3.8) is 0 Å². The summed E-state index contributed by atoms with van der Waals surface area (Å²) in [6, 6.07) is 5.40. The third-order valence-corrected chi connectivity index (χ3v) is 4.34. The standard InChI is InChI=1S/C16H19FN2O3/c1-18-13(20)10-22-15(16(21)19-7-2-3-8-19)14(18)11-5-4-6-12(17)9-11/h4-6,9,14-15H,2-3,7-8,10H2,1H3/t14-,15-/m1/s1. The number of benzene rings is 1. The SMILES string of the molecule is CN1C(=O)CO[C@@H](C(=O)N2CCCC2)[C@H]1c1cccc(F)c1. The summed E-state index contributed by atoms with van der Waals surface area (Å²) in [7, 11) is 1.63. The zero-order valence-corrected chi connectivity index (χ0v) is 12.5. The van der Waals surface area contributed by atoms with Crippen LogP contribution in [0.25, 0.3) is 0 Å². The summed E-state index contributed by atoms with van der Waals surface area (Å²) in [4.78, 5) is 27.9. The molecule has 118 valence electrons. The van der Waals surface area contributed by atoms with Crippen LogP contribution >= 0.6 is 0 Å². The Morgan fingerprint density at radius 2 is 2.05 bits per heavy atom. The Labute approximate surface area is 128 Å². The fourth-order valence-corrected chi connectivity index (χ4v) is 3.13. The molecule has 2 aliphatic heterocycles. The molecule has 2 aliphatic rings. The van der Waals surface area contributed by atoms with Crippen LogP contribution in [-0.2, 0) is 14.3 Å². The topological polar surface area (TPSA) is 49.9 Å². The summed E-state index contributed by atoms with van der Waals surface area (Å²) in [5.41, 5.74) is 0.577. The number of halogens is 1. The number of hydrogen-bond acceptors (Lipinski definition) is 3. The number of carbonyl (C=O) groups is 2. The van der Waals surface area contributed by atoms with Gasteiger partial charge in [0.25, 0.3) is 5.91 Å². The van der Waals surface area contributed by atoms with E-state index in [1.807, 2.05) is 0 Å². The molecule has 1 aromatic carbocycles.